The molecule has 0 saturated carbocycles. The Balaban J connectivity index is 2.31. The van der Waals surface area contributed by atoms with E-state index in [0.29, 0.717) is 5.78 Å². The number of rotatable bonds is 0. The molecule has 0 heterocycles. The summed E-state index contributed by atoms with van der Waals surface area (Å²) in [6, 6.07) is 0. The molecule has 0 amide bonds. The Morgan fingerprint density at radius 2 is 1.35 bits per heavy atom. The minimum absolute atomic E-state index is 0.465. The molecular weight excluding hydrogens is 208 g/mol. The number of ketones is 1. The van der Waals surface area contributed by atoms with Crippen LogP contribution in [0, 0.1) is 0 Å². The minimum Gasteiger partial charge on any atom is -0.300 e. The third-order valence-corrected chi connectivity index (χ3v) is 3.70. The molecule has 0 unspecified atom stereocenters. The molecule has 0 aromatic carbocycles. The third-order valence-electron chi connectivity index (χ3n) is 3.70. The average molecular weight is 236 g/mol. The molecule has 0 bridgehead atoms. The number of carbonyl (C=O) groups is 1. The fourth-order valence-corrected chi connectivity index (χ4v) is 2.44. The lowest BCUT2D eigenvalue weighted by Gasteiger charge is -2.02. The number of hydrogen-bond acceptors (Lipinski definition) is 1. The van der Waals surface area contributed by atoms with Gasteiger partial charge in [-0.2, -0.15) is 0 Å². The maximum atomic E-state index is 11.6. The molecule has 0 spiro atoms. The van der Waals surface area contributed by atoms with Gasteiger partial charge in [0.15, 0.2) is 0 Å². The first-order valence-corrected chi connectivity index (χ1v) is 7.46. The summed E-state index contributed by atoms with van der Waals surface area (Å²) in [7, 11) is 0. The first kappa shape index (κ1) is 14.5. The van der Waals surface area contributed by atoms with E-state index >= 15 is 0 Å². The summed E-state index contributed by atoms with van der Waals surface area (Å²) in [4.78, 5) is 11.6. The molecule has 0 aromatic rings. The molecule has 0 fully saturated rings. The van der Waals surface area contributed by atoms with Crippen molar-refractivity contribution in [2.45, 2.75) is 84.0 Å². The maximum Gasteiger partial charge on any atom is 0.133 e. The highest BCUT2D eigenvalue weighted by molar-refractivity contribution is 5.78. The molecular formula is C16H28O. The number of allylic oxidation sites excluding steroid dienone is 2. The van der Waals surface area contributed by atoms with Crippen LogP contribution in [0.4, 0.5) is 0 Å². The zero-order valence-corrected chi connectivity index (χ0v) is 11.5. The van der Waals surface area contributed by atoms with Crippen molar-refractivity contribution in [3.63, 3.8) is 0 Å². The normalized spacial score (nSPS) is 25.5. The predicted molar refractivity (Wildman–Crippen MR) is 74.2 cm³/mol. The molecule has 1 heteroatoms. The standard InChI is InChI=1S/C16H28O/c1-15-11-9-7-5-3-2-4-6-8-10-12-16(17)14-13-15/h11H,2-10,12-14H2,1H3/b15-11+. The van der Waals surface area contributed by atoms with Gasteiger partial charge in [0, 0.05) is 12.8 Å². The summed E-state index contributed by atoms with van der Waals surface area (Å²) in [5, 5.41) is 0. The van der Waals surface area contributed by atoms with Crippen LogP contribution in [-0.4, -0.2) is 5.78 Å². The van der Waals surface area contributed by atoms with Crippen molar-refractivity contribution in [3.05, 3.63) is 11.6 Å². The Morgan fingerprint density at radius 3 is 2.06 bits per heavy atom. The smallest absolute Gasteiger partial charge is 0.133 e. The molecule has 0 saturated heterocycles. The van der Waals surface area contributed by atoms with E-state index in [1.807, 2.05) is 0 Å². The Labute approximate surface area is 107 Å². The van der Waals surface area contributed by atoms with E-state index < -0.39 is 0 Å². The average Bonchev–Trinajstić information content (AvgIpc) is 2.33. The molecule has 17 heavy (non-hydrogen) atoms. The van der Waals surface area contributed by atoms with Crippen LogP contribution in [0.25, 0.3) is 0 Å². The second kappa shape index (κ2) is 9.44. The van der Waals surface area contributed by atoms with E-state index in [2.05, 4.69) is 13.0 Å². The van der Waals surface area contributed by atoms with Gasteiger partial charge >= 0.3 is 0 Å². The predicted octanol–water partition coefficient (Wildman–Crippen LogP) is 5.20. The van der Waals surface area contributed by atoms with Crippen molar-refractivity contribution >= 4 is 5.78 Å². The second-order valence-corrected chi connectivity index (χ2v) is 5.46. The summed E-state index contributed by atoms with van der Waals surface area (Å²) >= 11 is 0. The van der Waals surface area contributed by atoms with Crippen molar-refractivity contribution < 1.29 is 4.79 Å². The van der Waals surface area contributed by atoms with Crippen molar-refractivity contribution in [2.75, 3.05) is 0 Å². The maximum absolute atomic E-state index is 11.6. The number of hydrogen-bond donors (Lipinski definition) is 0. The van der Waals surface area contributed by atoms with Gasteiger partial charge in [0.05, 0.1) is 0 Å². The molecule has 0 aliphatic heterocycles. The molecule has 1 rings (SSSR count). The number of Topliss-reactive ketones (excluding diaryl/α,β-unsaturated/α-hetero) is 1. The molecule has 98 valence electrons. The highest BCUT2D eigenvalue weighted by Gasteiger charge is 2.03. The quantitative estimate of drug-likeness (QED) is 0.528. The van der Waals surface area contributed by atoms with Gasteiger partial charge < -0.3 is 0 Å². The summed E-state index contributed by atoms with van der Waals surface area (Å²) < 4.78 is 0. The molecule has 0 N–H and O–H groups in total. The summed E-state index contributed by atoms with van der Waals surface area (Å²) in [5.74, 6) is 0.465. The van der Waals surface area contributed by atoms with Crippen LogP contribution < -0.4 is 0 Å². The van der Waals surface area contributed by atoms with Gasteiger partial charge in [0.1, 0.15) is 5.78 Å². The van der Waals surface area contributed by atoms with Crippen LogP contribution in [0.5, 0.6) is 0 Å². The SMILES string of the molecule is C/C1=C\CCCCCCCCCCC(=O)CC1. The molecule has 1 nitrogen and oxygen atoms in total. The highest BCUT2D eigenvalue weighted by Crippen LogP contribution is 2.15. The monoisotopic (exact) mass is 236 g/mol. The van der Waals surface area contributed by atoms with Crippen molar-refractivity contribution in [3.8, 4) is 0 Å². The summed E-state index contributed by atoms with van der Waals surface area (Å²) in [6.07, 6.45) is 16.6. The van der Waals surface area contributed by atoms with Gasteiger partial charge in [0.2, 0.25) is 0 Å². The molecule has 0 aromatic heterocycles. The van der Waals surface area contributed by atoms with E-state index in [0.717, 1.165) is 25.7 Å². The van der Waals surface area contributed by atoms with Gasteiger partial charge in [0.25, 0.3) is 0 Å². The highest BCUT2D eigenvalue weighted by atomic mass is 16.1. The van der Waals surface area contributed by atoms with Crippen LogP contribution in [0.15, 0.2) is 11.6 Å². The van der Waals surface area contributed by atoms with E-state index in [1.54, 1.807) is 0 Å². The van der Waals surface area contributed by atoms with Crippen LogP contribution in [0.3, 0.4) is 0 Å². The summed E-state index contributed by atoms with van der Waals surface area (Å²) in [5.41, 5.74) is 1.41. The van der Waals surface area contributed by atoms with E-state index in [9.17, 15) is 4.79 Å². The zero-order chi connectivity index (χ0) is 12.3. The molecule has 1 aliphatic rings. The molecule has 0 atom stereocenters. The Kier molecular flexibility index (Phi) is 8.04. The van der Waals surface area contributed by atoms with Crippen molar-refractivity contribution in [1.82, 2.24) is 0 Å². The number of carbonyl (C=O) groups excluding carboxylic acids is 1. The summed E-state index contributed by atoms with van der Waals surface area (Å²) in [6.45, 7) is 2.17. The van der Waals surface area contributed by atoms with Crippen LogP contribution in [0.2, 0.25) is 0 Å². The van der Waals surface area contributed by atoms with Gasteiger partial charge in [-0.25, -0.2) is 0 Å². The first-order valence-electron chi connectivity index (χ1n) is 7.46. The lowest BCUT2D eigenvalue weighted by molar-refractivity contribution is -0.119. The lowest BCUT2D eigenvalue weighted by atomic mass is 10.0. The van der Waals surface area contributed by atoms with Gasteiger partial charge in [-0.1, -0.05) is 50.2 Å². The van der Waals surface area contributed by atoms with Crippen molar-refractivity contribution in [2.24, 2.45) is 0 Å². The largest absolute Gasteiger partial charge is 0.300 e. The fraction of sp³-hybridized carbons (Fsp3) is 0.812. The van der Waals surface area contributed by atoms with E-state index in [1.165, 1.54) is 56.9 Å². The molecule has 1 aliphatic carbocycles. The Morgan fingerprint density at radius 1 is 0.765 bits per heavy atom. The van der Waals surface area contributed by atoms with Gasteiger partial charge in [-0.15, -0.1) is 0 Å². The van der Waals surface area contributed by atoms with E-state index in [4.69, 9.17) is 0 Å². The third kappa shape index (κ3) is 8.18. The fourth-order valence-electron chi connectivity index (χ4n) is 2.44. The van der Waals surface area contributed by atoms with Crippen LogP contribution in [-0.2, 0) is 4.79 Å². The van der Waals surface area contributed by atoms with Crippen LogP contribution in [0.1, 0.15) is 84.0 Å². The second-order valence-electron chi connectivity index (χ2n) is 5.46. The van der Waals surface area contributed by atoms with Gasteiger partial charge in [-0.3, -0.25) is 4.79 Å². The minimum atomic E-state index is 0.465. The van der Waals surface area contributed by atoms with Gasteiger partial charge in [-0.05, 0) is 32.6 Å². The first-order chi connectivity index (χ1) is 8.29. The zero-order valence-electron chi connectivity index (χ0n) is 11.5. The molecule has 0 radical (unpaired) electrons. The van der Waals surface area contributed by atoms with E-state index in [-0.39, 0.29) is 0 Å². The Bertz CT molecular complexity index is 240. The topological polar surface area (TPSA) is 17.1 Å². The van der Waals surface area contributed by atoms with Crippen LogP contribution >= 0.6 is 0 Å². The Hall–Kier alpha value is -0.590. The van der Waals surface area contributed by atoms with Crippen molar-refractivity contribution in [1.29, 1.82) is 0 Å². The lowest BCUT2D eigenvalue weighted by Crippen LogP contribution is -1.98.